The highest BCUT2D eigenvalue weighted by Gasteiger charge is 2.67. The van der Waals surface area contributed by atoms with Crippen molar-refractivity contribution in [1.29, 1.82) is 0 Å². The van der Waals surface area contributed by atoms with Crippen LogP contribution in [0.1, 0.15) is 32.8 Å². The van der Waals surface area contributed by atoms with Crippen LogP contribution >= 0.6 is 0 Å². The van der Waals surface area contributed by atoms with E-state index in [9.17, 15) is 22.8 Å². The van der Waals surface area contributed by atoms with Gasteiger partial charge in [-0.15, -0.1) is 0 Å². The first-order valence-corrected chi connectivity index (χ1v) is 8.05. The fraction of sp³-hybridized carbons (Fsp3) is 0.529. The number of carbonyl (C=O) groups excluding carboxylic acids is 2. The molecule has 1 aromatic carbocycles. The van der Waals surface area contributed by atoms with Gasteiger partial charge in [0.25, 0.3) is 0 Å². The quantitative estimate of drug-likeness (QED) is 0.547. The molecule has 5 nitrogen and oxygen atoms in total. The van der Waals surface area contributed by atoms with Crippen molar-refractivity contribution in [3.63, 3.8) is 0 Å². The van der Waals surface area contributed by atoms with E-state index in [2.05, 4.69) is 4.74 Å². The number of hydrogen-bond donors (Lipinski definition) is 2. The Morgan fingerprint density at radius 1 is 1.20 bits per heavy atom. The fourth-order valence-corrected chi connectivity index (χ4v) is 2.26. The van der Waals surface area contributed by atoms with Crippen molar-refractivity contribution in [2.75, 3.05) is 6.61 Å². The number of ether oxygens (including phenoxy) is 1. The molecule has 0 radical (unpaired) electrons. The highest BCUT2D eigenvalue weighted by atomic mass is 19.4. The summed E-state index contributed by atoms with van der Waals surface area (Å²) < 4.78 is 46.0. The van der Waals surface area contributed by atoms with Gasteiger partial charge in [-0.1, -0.05) is 44.2 Å². The molecule has 0 aromatic heterocycles. The first-order valence-electron chi connectivity index (χ1n) is 8.05. The molecular formula is C17H24F3N2O3+. The summed E-state index contributed by atoms with van der Waals surface area (Å²) in [5, 5.41) is 2.63. The molecule has 0 saturated heterocycles. The first kappa shape index (κ1) is 21.0. The average Bonchev–Trinajstić information content (AvgIpc) is 2.50. The number of nitrogens with two attached hydrogens (primary N) is 1. The standard InChI is InChI=1S/C17H23F3N2O3/c1-4-25-15(24)16(17(18,19)20,22-14(23)10-12(2)3)21-11-13-8-6-5-7-9-13/h5-9,12,21H,4,10-11H2,1-3H3,(H,22,23)/p+1/t16-/m0/s1. The lowest BCUT2D eigenvalue weighted by Gasteiger charge is -2.31. The summed E-state index contributed by atoms with van der Waals surface area (Å²) in [5.74, 6) is -2.54. The van der Waals surface area contributed by atoms with Gasteiger partial charge in [0.1, 0.15) is 6.54 Å². The van der Waals surface area contributed by atoms with E-state index < -0.39 is 23.7 Å². The number of hydrogen-bond acceptors (Lipinski definition) is 3. The average molecular weight is 361 g/mol. The highest BCUT2D eigenvalue weighted by Crippen LogP contribution is 2.27. The minimum atomic E-state index is -5.03. The van der Waals surface area contributed by atoms with E-state index in [4.69, 9.17) is 0 Å². The van der Waals surface area contributed by atoms with Crippen LogP contribution in [-0.2, 0) is 20.9 Å². The Labute approximate surface area is 144 Å². The molecule has 8 heteroatoms. The number of rotatable bonds is 8. The van der Waals surface area contributed by atoms with Gasteiger partial charge in [0.15, 0.2) is 0 Å². The second kappa shape index (κ2) is 8.84. The number of amides is 1. The van der Waals surface area contributed by atoms with Crippen LogP contribution in [0.2, 0.25) is 0 Å². The topological polar surface area (TPSA) is 72.0 Å². The van der Waals surface area contributed by atoms with E-state index >= 15 is 0 Å². The second-order valence-electron chi connectivity index (χ2n) is 6.07. The third-order valence-electron chi connectivity index (χ3n) is 3.46. The zero-order valence-electron chi connectivity index (χ0n) is 14.5. The van der Waals surface area contributed by atoms with E-state index in [-0.39, 0.29) is 25.5 Å². The second-order valence-corrected chi connectivity index (χ2v) is 6.07. The Morgan fingerprint density at radius 2 is 1.80 bits per heavy atom. The van der Waals surface area contributed by atoms with Crippen LogP contribution in [0.4, 0.5) is 13.2 Å². The number of alkyl halides is 3. The van der Waals surface area contributed by atoms with Crippen molar-refractivity contribution in [1.82, 2.24) is 5.32 Å². The molecular weight excluding hydrogens is 337 g/mol. The molecule has 3 N–H and O–H groups in total. The van der Waals surface area contributed by atoms with Crippen LogP contribution in [0.3, 0.4) is 0 Å². The third-order valence-corrected chi connectivity index (χ3v) is 3.46. The summed E-state index contributed by atoms with van der Waals surface area (Å²) in [7, 11) is 0. The number of quaternary nitrogens is 1. The van der Waals surface area contributed by atoms with Gasteiger partial charge in [0, 0.05) is 12.0 Å². The van der Waals surface area contributed by atoms with Crippen LogP contribution < -0.4 is 10.6 Å². The van der Waals surface area contributed by atoms with Gasteiger partial charge in [0.2, 0.25) is 5.91 Å². The zero-order chi connectivity index (χ0) is 19.1. The van der Waals surface area contributed by atoms with Crippen molar-refractivity contribution in [3.05, 3.63) is 35.9 Å². The van der Waals surface area contributed by atoms with E-state index in [1.807, 2.05) is 5.32 Å². The molecule has 25 heavy (non-hydrogen) atoms. The van der Waals surface area contributed by atoms with Crippen molar-refractivity contribution in [3.8, 4) is 0 Å². The molecule has 1 aromatic rings. The molecule has 0 unspecified atom stereocenters. The Kier molecular flexibility index (Phi) is 7.41. The summed E-state index contributed by atoms with van der Waals surface area (Å²) in [5.41, 5.74) is -2.59. The summed E-state index contributed by atoms with van der Waals surface area (Å²) in [6.45, 7) is 4.43. The monoisotopic (exact) mass is 361 g/mol. The van der Waals surface area contributed by atoms with E-state index in [0.29, 0.717) is 5.56 Å². The van der Waals surface area contributed by atoms with Gasteiger partial charge in [-0.3, -0.25) is 10.1 Å². The molecule has 1 rings (SSSR count). The molecule has 0 bridgehead atoms. The number of halogens is 3. The molecule has 0 heterocycles. The van der Waals surface area contributed by atoms with Crippen molar-refractivity contribution in [2.24, 2.45) is 5.92 Å². The first-order chi connectivity index (χ1) is 11.6. The smallest absolute Gasteiger partial charge is 0.460 e. The maximum atomic E-state index is 13.8. The number of nitrogens with one attached hydrogen (secondary N) is 1. The van der Waals surface area contributed by atoms with Crippen molar-refractivity contribution in [2.45, 2.75) is 45.6 Å². The Hall–Kier alpha value is -2.09. The maximum absolute atomic E-state index is 13.8. The Bertz CT molecular complexity index is 576. The lowest BCUT2D eigenvalue weighted by Crippen LogP contribution is -3.06. The van der Waals surface area contributed by atoms with Gasteiger partial charge < -0.3 is 10.1 Å². The van der Waals surface area contributed by atoms with Gasteiger partial charge in [0.05, 0.1) is 6.61 Å². The molecule has 0 aliphatic rings. The van der Waals surface area contributed by atoms with Gasteiger partial charge >= 0.3 is 17.8 Å². The van der Waals surface area contributed by atoms with E-state index in [0.717, 1.165) is 5.32 Å². The molecule has 140 valence electrons. The van der Waals surface area contributed by atoms with Crippen LogP contribution in [0, 0.1) is 5.92 Å². The largest absolute Gasteiger partial charge is 0.478 e. The normalized spacial score (nSPS) is 14.0. The molecule has 0 spiro atoms. The predicted octanol–water partition coefficient (Wildman–Crippen LogP) is 1.73. The number of carbonyl (C=O) groups is 2. The molecule has 0 aliphatic carbocycles. The Balaban J connectivity index is 3.15. The molecule has 0 aliphatic heterocycles. The SMILES string of the molecule is CCOC(=O)[C@@](NC(=O)CC(C)C)([NH2+]Cc1ccccc1)C(F)(F)F. The van der Waals surface area contributed by atoms with Crippen molar-refractivity contribution >= 4 is 11.9 Å². The maximum Gasteiger partial charge on any atom is 0.478 e. The zero-order valence-corrected chi connectivity index (χ0v) is 14.5. The van der Waals surface area contributed by atoms with E-state index in [1.54, 1.807) is 44.2 Å². The molecule has 0 fully saturated rings. The predicted molar refractivity (Wildman–Crippen MR) is 85.1 cm³/mol. The van der Waals surface area contributed by atoms with E-state index in [1.165, 1.54) is 6.92 Å². The molecule has 1 amide bonds. The van der Waals surface area contributed by atoms with Crippen LogP contribution in [0.25, 0.3) is 0 Å². The highest BCUT2D eigenvalue weighted by molar-refractivity contribution is 5.87. The lowest BCUT2D eigenvalue weighted by atomic mass is 10.1. The number of esters is 1. The summed E-state index contributed by atoms with van der Waals surface area (Å²) in [4.78, 5) is 24.2. The summed E-state index contributed by atoms with van der Waals surface area (Å²) in [6.07, 6.45) is -5.16. The third kappa shape index (κ3) is 5.74. The minimum Gasteiger partial charge on any atom is -0.460 e. The van der Waals surface area contributed by atoms with Gasteiger partial charge in [-0.25, -0.2) is 4.79 Å². The van der Waals surface area contributed by atoms with Crippen molar-refractivity contribution < 1.29 is 32.8 Å². The van der Waals surface area contributed by atoms with Gasteiger partial charge in [-0.2, -0.15) is 13.2 Å². The molecule has 0 saturated carbocycles. The van der Waals surface area contributed by atoms with Crippen LogP contribution in [0.5, 0.6) is 0 Å². The lowest BCUT2D eigenvalue weighted by molar-refractivity contribution is -0.757. The summed E-state index contributed by atoms with van der Waals surface area (Å²) in [6, 6.07) is 8.37. The summed E-state index contributed by atoms with van der Waals surface area (Å²) >= 11 is 0. The molecule has 1 atom stereocenters. The Morgan fingerprint density at radius 3 is 2.28 bits per heavy atom. The number of benzene rings is 1. The minimum absolute atomic E-state index is 0.129. The fourth-order valence-electron chi connectivity index (χ4n) is 2.26. The van der Waals surface area contributed by atoms with Crippen LogP contribution in [-0.4, -0.2) is 30.3 Å². The van der Waals surface area contributed by atoms with Gasteiger partial charge in [-0.05, 0) is 12.8 Å². The van der Waals surface area contributed by atoms with Crippen LogP contribution in [0.15, 0.2) is 30.3 Å².